The number of hydrogen-bond acceptors (Lipinski definition) is 1. The molecule has 2 fully saturated rings. The minimum absolute atomic E-state index is 0.318. The highest BCUT2D eigenvalue weighted by molar-refractivity contribution is 5.76. The summed E-state index contributed by atoms with van der Waals surface area (Å²) in [6.07, 6.45) is 15.2. The van der Waals surface area contributed by atoms with Gasteiger partial charge in [-0.25, -0.2) is 0 Å². The van der Waals surface area contributed by atoms with E-state index in [2.05, 4.69) is 12.2 Å². The van der Waals surface area contributed by atoms with Crippen molar-refractivity contribution < 1.29 is 4.79 Å². The fraction of sp³-hybridized carbons (Fsp3) is 0.941. The Kier molecular flexibility index (Phi) is 5.72. The Balaban J connectivity index is 1.59. The lowest BCUT2D eigenvalue weighted by Gasteiger charge is -2.32. The molecule has 0 aromatic carbocycles. The maximum Gasteiger partial charge on any atom is 0.220 e. The van der Waals surface area contributed by atoms with Crippen LogP contribution in [-0.4, -0.2) is 12.5 Å². The summed E-state index contributed by atoms with van der Waals surface area (Å²) in [4.78, 5) is 12.1. The SMILES string of the molecule is CCCCCCCNC(=O)CC12CCCC(CC1)C2. The van der Waals surface area contributed by atoms with Crippen LogP contribution < -0.4 is 5.32 Å². The first-order chi connectivity index (χ1) is 9.24. The van der Waals surface area contributed by atoms with Crippen LogP contribution in [0.4, 0.5) is 0 Å². The lowest BCUT2D eigenvalue weighted by molar-refractivity contribution is -0.123. The number of fused-ring (bicyclic) bond motifs is 2. The van der Waals surface area contributed by atoms with Crippen LogP contribution in [0.2, 0.25) is 0 Å². The predicted octanol–water partition coefficient (Wildman–Crippen LogP) is 4.43. The maximum absolute atomic E-state index is 12.1. The second kappa shape index (κ2) is 7.31. The number of rotatable bonds is 8. The Labute approximate surface area is 118 Å². The molecule has 2 aliphatic carbocycles. The van der Waals surface area contributed by atoms with Crippen LogP contribution in [-0.2, 0) is 4.79 Å². The molecule has 0 heterocycles. The van der Waals surface area contributed by atoms with Gasteiger partial charge in [0.05, 0.1) is 0 Å². The van der Waals surface area contributed by atoms with Crippen molar-refractivity contribution in [2.45, 2.75) is 84.0 Å². The third kappa shape index (κ3) is 4.50. The van der Waals surface area contributed by atoms with Crippen molar-refractivity contribution in [2.24, 2.45) is 11.3 Å². The summed E-state index contributed by atoms with van der Waals surface area (Å²) in [5.41, 5.74) is 0.398. The van der Waals surface area contributed by atoms with Crippen LogP contribution in [0.15, 0.2) is 0 Å². The third-order valence-corrected chi connectivity index (χ3v) is 5.26. The van der Waals surface area contributed by atoms with Gasteiger partial charge < -0.3 is 5.32 Å². The van der Waals surface area contributed by atoms with E-state index in [1.54, 1.807) is 0 Å². The van der Waals surface area contributed by atoms with Gasteiger partial charge in [0.2, 0.25) is 5.91 Å². The minimum Gasteiger partial charge on any atom is -0.356 e. The summed E-state index contributed by atoms with van der Waals surface area (Å²) >= 11 is 0. The molecule has 0 aromatic heterocycles. The number of unbranched alkanes of at least 4 members (excludes halogenated alkanes) is 4. The second-order valence-corrected chi connectivity index (χ2v) is 6.94. The highest BCUT2D eigenvalue weighted by Gasteiger charge is 2.42. The summed E-state index contributed by atoms with van der Waals surface area (Å²) in [5, 5.41) is 3.15. The molecule has 2 rings (SSSR count). The summed E-state index contributed by atoms with van der Waals surface area (Å²) in [6.45, 7) is 3.13. The summed E-state index contributed by atoms with van der Waals surface area (Å²) < 4.78 is 0. The number of hydrogen-bond donors (Lipinski definition) is 1. The zero-order valence-corrected chi connectivity index (χ0v) is 12.7. The van der Waals surface area contributed by atoms with Gasteiger partial charge in [0, 0.05) is 13.0 Å². The average molecular weight is 265 g/mol. The number of nitrogens with one attached hydrogen (secondary N) is 1. The lowest BCUT2D eigenvalue weighted by Crippen LogP contribution is -2.32. The van der Waals surface area contributed by atoms with E-state index >= 15 is 0 Å². The standard InChI is InChI=1S/C17H31NO/c1-2-3-4-5-6-12-18-16(19)14-17-10-7-8-15(13-17)9-11-17/h15H,2-14H2,1H3,(H,18,19). The zero-order chi connectivity index (χ0) is 13.6. The Morgan fingerprint density at radius 1 is 1.16 bits per heavy atom. The van der Waals surface area contributed by atoms with E-state index in [-0.39, 0.29) is 0 Å². The van der Waals surface area contributed by atoms with Gasteiger partial charge in [0.25, 0.3) is 0 Å². The van der Waals surface area contributed by atoms with E-state index in [4.69, 9.17) is 0 Å². The van der Waals surface area contributed by atoms with Crippen molar-refractivity contribution in [3.05, 3.63) is 0 Å². The highest BCUT2D eigenvalue weighted by Crippen LogP contribution is 2.53. The van der Waals surface area contributed by atoms with Crippen LogP contribution in [0, 0.1) is 11.3 Å². The van der Waals surface area contributed by atoms with Crippen molar-refractivity contribution >= 4 is 5.91 Å². The van der Waals surface area contributed by atoms with Crippen LogP contribution in [0.3, 0.4) is 0 Å². The van der Waals surface area contributed by atoms with Gasteiger partial charge >= 0.3 is 0 Å². The van der Waals surface area contributed by atoms with Gasteiger partial charge in [0.15, 0.2) is 0 Å². The molecular weight excluding hydrogens is 234 g/mol. The number of amides is 1. The summed E-state index contributed by atoms with van der Waals surface area (Å²) in [7, 11) is 0. The molecule has 2 bridgehead atoms. The first-order valence-electron chi connectivity index (χ1n) is 8.51. The first-order valence-corrected chi connectivity index (χ1v) is 8.51. The molecule has 0 aromatic rings. The predicted molar refractivity (Wildman–Crippen MR) is 80.0 cm³/mol. The maximum atomic E-state index is 12.1. The molecule has 1 amide bonds. The van der Waals surface area contributed by atoms with Gasteiger partial charge in [-0.3, -0.25) is 4.79 Å². The molecule has 0 saturated heterocycles. The summed E-state index contributed by atoms with van der Waals surface area (Å²) in [5.74, 6) is 1.26. The normalized spacial score (nSPS) is 29.4. The number of carbonyl (C=O) groups is 1. The zero-order valence-electron chi connectivity index (χ0n) is 12.7. The minimum atomic E-state index is 0.318. The molecule has 0 radical (unpaired) electrons. The summed E-state index contributed by atoms with van der Waals surface area (Å²) in [6, 6.07) is 0. The Bertz CT molecular complexity index is 285. The number of carbonyl (C=O) groups excluding carboxylic acids is 1. The molecule has 2 saturated carbocycles. The van der Waals surface area contributed by atoms with E-state index in [0.717, 1.165) is 25.3 Å². The van der Waals surface area contributed by atoms with Gasteiger partial charge in [-0.1, -0.05) is 45.4 Å². The molecule has 0 aliphatic heterocycles. The van der Waals surface area contributed by atoms with Gasteiger partial charge in [-0.2, -0.15) is 0 Å². The highest BCUT2D eigenvalue weighted by atomic mass is 16.1. The molecule has 2 atom stereocenters. The van der Waals surface area contributed by atoms with E-state index in [9.17, 15) is 4.79 Å². The van der Waals surface area contributed by atoms with Gasteiger partial charge in [0.1, 0.15) is 0 Å². The smallest absolute Gasteiger partial charge is 0.220 e. The Morgan fingerprint density at radius 2 is 2.00 bits per heavy atom. The van der Waals surface area contributed by atoms with Crippen LogP contribution >= 0.6 is 0 Å². The fourth-order valence-corrected chi connectivity index (χ4v) is 4.17. The largest absolute Gasteiger partial charge is 0.356 e. The van der Waals surface area contributed by atoms with Crippen molar-refractivity contribution in [3.63, 3.8) is 0 Å². The van der Waals surface area contributed by atoms with Crippen LogP contribution in [0.25, 0.3) is 0 Å². The Morgan fingerprint density at radius 3 is 2.84 bits per heavy atom. The Hall–Kier alpha value is -0.530. The molecule has 1 N–H and O–H groups in total. The van der Waals surface area contributed by atoms with Gasteiger partial charge in [-0.15, -0.1) is 0 Å². The van der Waals surface area contributed by atoms with E-state index in [1.807, 2.05) is 0 Å². The lowest BCUT2D eigenvalue weighted by atomic mass is 9.73. The fourth-order valence-electron chi connectivity index (χ4n) is 4.17. The quantitative estimate of drug-likeness (QED) is 0.646. The van der Waals surface area contributed by atoms with Gasteiger partial charge in [-0.05, 0) is 43.4 Å². The van der Waals surface area contributed by atoms with Crippen molar-refractivity contribution in [1.29, 1.82) is 0 Å². The van der Waals surface area contributed by atoms with Crippen LogP contribution in [0.1, 0.15) is 84.0 Å². The van der Waals surface area contributed by atoms with Crippen molar-refractivity contribution in [1.82, 2.24) is 5.32 Å². The third-order valence-electron chi connectivity index (χ3n) is 5.26. The molecule has 2 aliphatic rings. The average Bonchev–Trinajstić information content (AvgIpc) is 2.68. The molecule has 2 nitrogen and oxygen atoms in total. The molecule has 19 heavy (non-hydrogen) atoms. The van der Waals surface area contributed by atoms with E-state index < -0.39 is 0 Å². The molecule has 2 heteroatoms. The first kappa shape index (κ1) is 14.9. The van der Waals surface area contributed by atoms with Crippen LogP contribution in [0.5, 0.6) is 0 Å². The molecule has 2 unspecified atom stereocenters. The molecular formula is C17H31NO. The van der Waals surface area contributed by atoms with E-state index in [1.165, 1.54) is 64.2 Å². The van der Waals surface area contributed by atoms with E-state index in [0.29, 0.717) is 11.3 Å². The topological polar surface area (TPSA) is 29.1 Å². The monoisotopic (exact) mass is 265 g/mol. The van der Waals surface area contributed by atoms with Crippen molar-refractivity contribution in [3.8, 4) is 0 Å². The molecule has 0 spiro atoms. The second-order valence-electron chi connectivity index (χ2n) is 6.94. The molecule has 110 valence electrons. The van der Waals surface area contributed by atoms with Crippen molar-refractivity contribution in [2.75, 3.05) is 6.54 Å².